The average Bonchev–Trinajstić information content (AvgIpc) is 3.26. The fourth-order valence-corrected chi connectivity index (χ4v) is 5.88. The third-order valence-corrected chi connectivity index (χ3v) is 7.20. The molecule has 2 aromatic carbocycles. The van der Waals surface area contributed by atoms with Gasteiger partial charge in [-0.25, -0.2) is 12.8 Å². The summed E-state index contributed by atoms with van der Waals surface area (Å²) in [5.74, 6) is -1.12. The zero-order valence-electron chi connectivity index (χ0n) is 13.2. The van der Waals surface area contributed by atoms with E-state index in [0.717, 1.165) is 5.56 Å². The van der Waals surface area contributed by atoms with E-state index < -0.39 is 45.5 Å². The van der Waals surface area contributed by atoms with Crippen molar-refractivity contribution in [2.75, 3.05) is 13.2 Å². The summed E-state index contributed by atoms with van der Waals surface area (Å²) in [6.45, 7) is 0.885. The lowest BCUT2D eigenvalue weighted by Crippen LogP contribution is -2.23. The van der Waals surface area contributed by atoms with Gasteiger partial charge in [-0.1, -0.05) is 29.8 Å². The Morgan fingerprint density at radius 1 is 1.08 bits per heavy atom. The highest BCUT2D eigenvalue weighted by Gasteiger charge is 2.70. The predicted octanol–water partition coefficient (Wildman–Crippen LogP) is 2.04. The van der Waals surface area contributed by atoms with Crippen molar-refractivity contribution in [3.63, 3.8) is 0 Å². The number of sulfone groups is 1. The van der Waals surface area contributed by atoms with Gasteiger partial charge in [-0.2, -0.15) is 0 Å². The minimum Gasteiger partial charge on any atom is -0.396 e. The van der Waals surface area contributed by atoms with Crippen molar-refractivity contribution in [2.24, 2.45) is 5.41 Å². The van der Waals surface area contributed by atoms with Crippen LogP contribution >= 0.6 is 0 Å². The van der Waals surface area contributed by atoms with Gasteiger partial charge in [-0.15, -0.1) is 0 Å². The van der Waals surface area contributed by atoms with Crippen LogP contribution in [-0.2, 0) is 9.84 Å². The minimum absolute atomic E-state index is 0.142. The highest BCUT2D eigenvalue weighted by molar-refractivity contribution is 7.92. The van der Waals surface area contributed by atoms with E-state index in [9.17, 15) is 23.0 Å². The van der Waals surface area contributed by atoms with Crippen molar-refractivity contribution in [3.8, 4) is 0 Å². The molecule has 1 saturated carbocycles. The highest BCUT2D eigenvalue weighted by Crippen LogP contribution is 2.63. The van der Waals surface area contributed by atoms with E-state index >= 15 is 0 Å². The van der Waals surface area contributed by atoms with Gasteiger partial charge in [0.2, 0.25) is 0 Å². The van der Waals surface area contributed by atoms with Crippen molar-refractivity contribution >= 4 is 9.84 Å². The van der Waals surface area contributed by atoms with Crippen LogP contribution in [0.25, 0.3) is 0 Å². The lowest BCUT2D eigenvalue weighted by molar-refractivity contribution is 0.130. The monoisotopic (exact) mass is 350 g/mol. The molecule has 2 aromatic rings. The number of hydrogen-bond acceptors (Lipinski definition) is 4. The fraction of sp³-hybridized carbons (Fsp3) is 0.333. The van der Waals surface area contributed by atoms with Crippen molar-refractivity contribution in [1.82, 2.24) is 0 Å². The summed E-state index contributed by atoms with van der Waals surface area (Å²) in [4.78, 5) is 0.142. The standard InChI is InChI=1S/C18H19FO4S/c1-12-5-7-15(8-6-12)24(22,23)17-16(18(17,10-20)11-21)13-3-2-4-14(19)9-13/h2-9,16-17,20-21H,10-11H2,1H3/t16-,17-/m1/s1. The molecule has 0 saturated heterocycles. The second kappa shape index (κ2) is 5.95. The number of rotatable bonds is 5. The summed E-state index contributed by atoms with van der Waals surface area (Å²) in [5, 5.41) is 18.5. The number of aryl methyl sites for hydroxylation is 1. The smallest absolute Gasteiger partial charge is 0.182 e. The molecule has 0 radical (unpaired) electrons. The van der Waals surface area contributed by atoms with E-state index in [0.29, 0.717) is 5.56 Å². The Kier molecular flexibility index (Phi) is 4.23. The number of benzene rings is 2. The van der Waals surface area contributed by atoms with Gasteiger partial charge in [0.25, 0.3) is 0 Å². The van der Waals surface area contributed by atoms with Crippen molar-refractivity contribution in [1.29, 1.82) is 0 Å². The van der Waals surface area contributed by atoms with Gasteiger partial charge in [-0.3, -0.25) is 0 Å². The van der Waals surface area contributed by atoms with E-state index in [2.05, 4.69) is 0 Å². The molecule has 0 aromatic heterocycles. The maximum atomic E-state index is 13.5. The molecule has 1 fully saturated rings. The fourth-order valence-electron chi connectivity index (χ4n) is 3.45. The molecule has 0 unspecified atom stereocenters. The molecule has 1 aliphatic carbocycles. The van der Waals surface area contributed by atoms with Gasteiger partial charge < -0.3 is 10.2 Å². The first-order valence-electron chi connectivity index (χ1n) is 7.64. The molecule has 3 rings (SSSR count). The van der Waals surface area contributed by atoms with Crippen LogP contribution in [0.3, 0.4) is 0 Å². The normalized spacial score (nSPS) is 22.3. The molecule has 2 atom stereocenters. The first kappa shape index (κ1) is 17.1. The lowest BCUT2D eigenvalue weighted by atomic mass is 10.0. The number of halogens is 1. The number of hydrogen-bond donors (Lipinski definition) is 2. The first-order chi connectivity index (χ1) is 11.4. The first-order valence-corrected chi connectivity index (χ1v) is 9.19. The number of aliphatic hydroxyl groups excluding tert-OH is 2. The summed E-state index contributed by atoms with van der Waals surface area (Å²) < 4.78 is 39.5. The Bertz CT molecular complexity index is 842. The molecule has 0 amide bonds. The van der Waals surface area contributed by atoms with Crippen molar-refractivity contribution < 1.29 is 23.0 Å². The maximum Gasteiger partial charge on any atom is 0.182 e. The largest absolute Gasteiger partial charge is 0.396 e. The van der Waals surface area contributed by atoms with Gasteiger partial charge in [0.05, 0.1) is 23.4 Å². The van der Waals surface area contributed by atoms with Crippen LogP contribution in [0, 0.1) is 18.2 Å². The van der Waals surface area contributed by atoms with Gasteiger partial charge in [0.15, 0.2) is 9.84 Å². The minimum atomic E-state index is -3.77. The SMILES string of the molecule is Cc1ccc(S(=O)(=O)[C@@H]2[C@@H](c3cccc(F)c3)C2(CO)CO)cc1. The molecule has 1 aliphatic rings. The van der Waals surface area contributed by atoms with E-state index in [1.165, 1.54) is 30.3 Å². The zero-order chi connectivity index (χ0) is 17.5. The molecular formula is C18H19FO4S. The number of aliphatic hydroxyl groups is 2. The molecule has 2 N–H and O–H groups in total. The van der Waals surface area contributed by atoms with Gasteiger partial charge in [-0.05, 0) is 36.8 Å². The molecule has 0 heterocycles. The Morgan fingerprint density at radius 3 is 2.25 bits per heavy atom. The Morgan fingerprint density at radius 2 is 1.71 bits per heavy atom. The molecule has 0 bridgehead atoms. The predicted molar refractivity (Wildman–Crippen MR) is 87.9 cm³/mol. The van der Waals surface area contributed by atoms with Gasteiger partial charge in [0.1, 0.15) is 5.82 Å². The molecule has 4 nitrogen and oxygen atoms in total. The second-order valence-corrected chi connectivity index (χ2v) is 8.43. The van der Waals surface area contributed by atoms with E-state index in [-0.39, 0.29) is 4.90 Å². The molecule has 0 spiro atoms. The summed E-state index contributed by atoms with van der Waals surface area (Å²) in [6.07, 6.45) is 0. The van der Waals surface area contributed by atoms with Crippen LogP contribution in [0.15, 0.2) is 53.4 Å². The lowest BCUT2D eigenvalue weighted by Gasteiger charge is -2.11. The maximum absolute atomic E-state index is 13.5. The third kappa shape index (κ3) is 2.55. The second-order valence-electron chi connectivity index (χ2n) is 6.36. The topological polar surface area (TPSA) is 74.6 Å². The molecule has 0 aliphatic heterocycles. The molecular weight excluding hydrogens is 331 g/mol. The van der Waals surface area contributed by atoms with Crippen LogP contribution in [0.4, 0.5) is 4.39 Å². The van der Waals surface area contributed by atoms with Crippen molar-refractivity contribution in [3.05, 3.63) is 65.5 Å². The van der Waals surface area contributed by atoms with Gasteiger partial charge >= 0.3 is 0 Å². The van der Waals surface area contributed by atoms with Crippen LogP contribution < -0.4 is 0 Å². The van der Waals surface area contributed by atoms with E-state index in [1.54, 1.807) is 18.2 Å². The quantitative estimate of drug-likeness (QED) is 0.865. The van der Waals surface area contributed by atoms with E-state index in [4.69, 9.17) is 0 Å². The summed E-state index contributed by atoms with van der Waals surface area (Å²) >= 11 is 0. The summed E-state index contributed by atoms with van der Waals surface area (Å²) in [6, 6.07) is 12.1. The molecule has 24 heavy (non-hydrogen) atoms. The van der Waals surface area contributed by atoms with Crippen molar-refractivity contribution in [2.45, 2.75) is 23.0 Å². The van der Waals surface area contributed by atoms with Crippen LogP contribution in [0.1, 0.15) is 17.0 Å². The zero-order valence-corrected chi connectivity index (χ0v) is 14.0. The highest BCUT2D eigenvalue weighted by atomic mass is 32.2. The third-order valence-electron chi connectivity index (χ3n) is 4.86. The van der Waals surface area contributed by atoms with Crippen LogP contribution in [0.2, 0.25) is 0 Å². The summed E-state index contributed by atoms with van der Waals surface area (Å²) in [5.41, 5.74) is 0.207. The summed E-state index contributed by atoms with van der Waals surface area (Å²) in [7, 11) is -3.77. The Hall–Kier alpha value is -1.76. The molecule has 6 heteroatoms. The van der Waals surface area contributed by atoms with Crippen LogP contribution in [0.5, 0.6) is 0 Å². The van der Waals surface area contributed by atoms with Crippen LogP contribution in [-0.4, -0.2) is 37.1 Å². The Balaban J connectivity index is 2.06. The Labute approximate surface area is 140 Å². The van der Waals surface area contributed by atoms with E-state index in [1.807, 2.05) is 6.92 Å². The average molecular weight is 350 g/mol. The molecule has 128 valence electrons. The van der Waals surface area contributed by atoms with Gasteiger partial charge in [0, 0.05) is 11.3 Å².